The molecule has 0 spiro atoms. The first-order valence-corrected chi connectivity index (χ1v) is 8.28. The summed E-state index contributed by atoms with van der Waals surface area (Å²) in [5.41, 5.74) is 3.92. The van der Waals surface area contributed by atoms with E-state index in [4.69, 9.17) is 4.74 Å². The van der Waals surface area contributed by atoms with E-state index < -0.39 is 0 Å². The van der Waals surface area contributed by atoms with Gasteiger partial charge >= 0.3 is 0 Å². The largest absolute Gasteiger partial charge is 0.506 e. The van der Waals surface area contributed by atoms with Crippen molar-refractivity contribution in [3.05, 3.63) is 42.0 Å². The Balaban J connectivity index is 1.81. The predicted octanol–water partition coefficient (Wildman–Crippen LogP) is 3.80. The third kappa shape index (κ3) is 3.73. The number of aromatic nitrogens is 3. The number of ether oxygens (including phenoxy) is 1. The fourth-order valence-electron chi connectivity index (χ4n) is 3.07. The van der Waals surface area contributed by atoms with Gasteiger partial charge < -0.3 is 9.84 Å². The van der Waals surface area contributed by atoms with E-state index in [-0.39, 0.29) is 5.75 Å². The van der Waals surface area contributed by atoms with E-state index in [1.54, 1.807) is 12.3 Å². The zero-order valence-electron chi connectivity index (χ0n) is 13.5. The first kappa shape index (κ1) is 15.6. The second-order valence-corrected chi connectivity index (χ2v) is 5.90. The van der Waals surface area contributed by atoms with Gasteiger partial charge in [0.25, 0.3) is 0 Å². The van der Waals surface area contributed by atoms with Crippen LogP contribution in [0.1, 0.15) is 44.7 Å². The smallest absolute Gasteiger partial charge is 0.141 e. The number of aryl methyl sites for hydroxylation is 1. The highest BCUT2D eigenvalue weighted by atomic mass is 16.5. The van der Waals surface area contributed by atoms with Gasteiger partial charge in [-0.15, -0.1) is 0 Å². The fourth-order valence-corrected chi connectivity index (χ4v) is 3.07. The molecule has 3 rings (SSSR count). The first-order chi connectivity index (χ1) is 11.3. The average molecular weight is 313 g/mol. The summed E-state index contributed by atoms with van der Waals surface area (Å²) in [7, 11) is 0. The molecular weight excluding hydrogens is 290 g/mol. The highest BCUT2D eigenvalue weighted by molar-refractivity contribution is 5.67. The average Bonchev–Trinajstić information content (AvgIpc) is 3.02. The quantitative estimate of drug-likeness (QED) is 0.881. The van der Waals surface area contributed by atoms with Gasteiger partial charge in [0.05, 0.1) is 18.1 Å². The van der Waals surface area contributed by atoms with Gasteiger partial charge in [0.2, 0.25) is 0 Å². The Hall–Kier alpha value is -2.30. The van der Waals surface area contributed by atoms with E-state index in [0.29, 0.717) is 12.4 Å². The van der Waals surface area contributed by atoms with Crippen LogP contribution in [0.25, 0.3) is 5.57 Å². The molecule has 23 heavy (non-hydrogen) atoms. The Kier molecular flexibility index (Phi) is 4.95. The van der Waals surface area contributed by atoms with Crippen LogP contribution in [0.4, 0.5) is 0 Å². The predicted molar refractivity (Wildman–Crippen MR) is 89.3 cm³/mol. The van der Waals surface area contributed by atoms with Gasteiger partial charge in [-0.25, -0.2) is 0 Å². The molecule has 1 aliphatic rings. The Morgan fingerprint density at radius 2 is 2.13 bits per heavy atom. The van der Waals surface area contributed by atoms with E-state index in [2.05, 4.69) is 27.8 Å². The van der Waals surface area contributed by atoms with Crippen molar-refractivity contribution in [1.29, 1.82) is 0 Å². The van der Waals surface area contributed by atoms with E-state index in [0.717, 1.165) is 25.8 Å². The second-order valence-electron chi connectivity index (χ2n) is 5.90. The molecule has 0 amide bonds. The minimum Gasteiger partial charge on any atom is -0.506 e. The third-order valence-electron chi connectivity index (χ3n) is 4.16. The van der Waals surface area contributed by atoms with Crippen molar-refractivity contribution < 1.29 is 9.84 Å². The zero-order chi connectivity index (χ0) is 16.1. The standard InChI is InChI=1S/C18H23N3O2/c1-2-9-21-18(7-8-20-21)17-6-4-3-5-14(17)13-23-16-10-15(22)11-19-12-16/h7-8,10-12,22H,2-6,9,13H2,1H3. The van der Waals surface area contributed by atoms with Crippen molar-refractivity contribution in [2.75, 3.05) is 6.61 Å². The molecule has 0 radical (unpaired) electrons. The lowest BCUT2D eigenvalue weighted by atomic mass is 9.90. The molecular formula is C18H23N3O2. The van der Waals surface area contributed by atoms with E-state index in [9.17, 15) is 5.11 Å². The number of hydrogen-bond donors (Lipinski definition) is 1. The van der Waals surface area contributed by atoms with Crippen LogP contribution >= 0.6 is 0 Å². The Morgan fingerprint density at radius 1 is 1.26 bits per heavy atom. The van der Waals surface area contributed by atoms with Crippen molar-refractivity contribution >= 4 is 5.57 Å². The molecule has 2 aromatic heterocycles. The van der Waals surface area contributed by atoms with Gasteiger partial charge in [-0.3, -0.25) is 9.67 Å². The van der Waals surface area contributed by atoms with Crippen molar-refractivity contribution in [3.63, 3.8) is 0 Å². The summed E-state index contributed by atoms with van der Waals surface area (Å²) in [4.78, 5) is 3.95. The van der Waals surface area contributed by atoms with Gasteiger partial charge in [-0.2, -0.15) is 5.10 Å². The maximum atomic E-state index is 9.48. The molecule has 0 bridgehead atoms. The van der Waals surface area contributed by atoms with Crippen LogP contribution in [0.5, 0.6) is 11.5 Å². The maximum Gasteiger partial charge on any atom is 0.141 e. The minimum absolute atomic E-state index is 0.126. The molecule has 5 heteroatoms. The van der Waals surface area contributed by atoms with Crippen molar-refractivity contribution in [1.82, 2.24) is 14.8 Å². The van der Waals surface area contributed by atoms with Gasteiger partial charge in [0, 0.05) is 18.8 Å². The van der Waals surface area contributed by atoms with Crippen LogP contribution in [0, 0.1) is 0 Å². The Morgan fingerprint density at radius 3 is 2.96 bits per heavy atom. The molecule has 0 fully saturated rings. The third-order valence-corrected chi connectivity index (χ3v) is 4.16. The SMILES string of the molecule is CCCn1nccc1C1=C(COc2cncc(O)c2)CCCC1. The summed E-state index contributed by atoms with van der Waals surface area (Å²) in [5, 5.41) is 13.9. The Bertz CT molecular complexity index is 691. The molecule has 0 saturated carbocycles. The summed E-state index contributed by atoms with van der Waals surface area (Å²) in [5.74, 6) is 0.728. The topological polar surface area (TPSA) is 60.2 Å². The number of allylic oxidation sites excluding steroid dienone is 1. The summed E-state index contributed by atoms with van der Waals surface area (Å²) >= 11 is 0. The van der Waals surface area contributed by atoms with Gasteiger partial charge in [-0.05, 0) is 49.3 Å². The van der Waals surface area contributed by atoms with Gasteiger partial charge in [0.1, 0.15) is 18.1 Å². The molecule has 0 unspecified atom stereocenters. The summed E-state index contributed by atoms with van der Waals surface area (Å²) in [6.45, 7) is 3.65. The lowest BCUT2D eigenvalue weighted by Gasteiger charge is -2.21. The number of pyridine rings is 1. The molecule has 0 atom stereocenters. The molecule has 122 valence electrons. The van der Waals surface area contributed by atoms with E-state index in [1.165, 1.54) is 35.9 Å². The van der Waals surface area contributed by atoms with Crippen molar-refractivity contribution in [2.45, 2.75) is 45.6 Å². The van der Waals surface area contributed by atoms with E-state index in [1.807, 2.05) is 6.20 Å². The molecule has 0 aromatic carbocycles. The van der Waals surface area contributed by atoms with E-state index >= 15 is 0 Å². The number of rotatable bonds is 6. The lowest BCUT2D eigenvalue weighted by Crippen LogP contribution is -2.12. The van der Waals surface area contributed by atoms with Crippen LogP contribution < -0.4 is 4.74 Å². The molecule has 0 saturated heterocycles. The number of hydrogen-bond acceptors (Lipinski definition) is 4. The maximum absolute atomic E-state index is 9.48. The van der Waals surface area contributed by atoms with Crippen LogP contribution in [0.3, 0.4) is 0 Å². The minimum atomic E-state index is 0.126. The van der Waals surface area contributed by atoms with Crippen LogP contribution in [-0.4, -0.2) is 26.5 Å². The van der Waals surface area contributed by atoms with Crippen molar-refractivity contribution in [2.24, 2.45) is 0 Å². The molecule has 2 heterocycles. The first-order valence-electron chi connectivity index (χ1n) is 8.28. The normalized spacial score (nSPS) is 15.0. The lowest BCUT2D eigenvalue weighted by molar-refractivity contribution is 0.340. The van der Waals surface area contributed by atoms with Crippen LogP contribution in [0.2, 0.25) is 0 Å². The molecule has 1 aliphatic carbocycles. The Labute approximate surface area is 136 Å². The highest BCUT2D eigenvalue weighted by Gasteiger charge is 2.18. The monoisotopic (exact) mass is 313 g/mol. The molecule has 2 aromatic rings. The molecule has 0 aliphatic heterocycles. The number of aromatic hydroxyl groups is 1. The summed E-state index contributed by atoms with van der Waals surface area (Å²) in [6, 6.07) is 3.70. The summed E-state index contributed by atoms with van der Waals surface area (Å²) in [6.07, 6.45) is 10.5. The van der Waals surface area contributed by atoms with Crippen LogP contribution in [-0.2, 0) is 6.54 Å². The van der Waals surface area contributed by atoms with Crippen molar-refractivity contribution in [3.8, 4) is 11.5 Å². The molecule has 1 N–H and O–H groups in total. The molecule has 5 nitrogen and oxygen atoms in total. The fraction of sp³-hybridized carbons (Fsp3) is 0.444. The summed E-state index contributed by atoms with van der Waals surface area (Å²) < 4.78 is 7.94. The van der Waals surface area contributed by atoms with Gasteiger partial charge in [0.15, 0.2) is 0 Å². The highest BCUT2D eigenvalue weighted by Crippen LogP contribution is 2.32. The second kappa shape index (κ2) is 7.31. The van der Waals surface area contributed by atoms with Gasteiger partial charge in [-0.1, -0.05) is 6.92 Å². The van der Waals surface area contributed by atoms with Crippen LogP contribution in [0.15, 0.2) is 36.3 Å². The number of nitrogens with zero attached hydrogens (tertiary/aromatic N) is 3. The zero-order valence-corrected chi connectivity index (χ0v) is 13.5.